The Hall–Kier alpha value is -3.53. The number of carboxylic acids is 1. The molecule has 1 saturated carbocycles. The largest absolute Gasteiger partial charge is 0.493 e. The lowest BCUT2D eigenvalue weighted by molar-refractivity contribution is -0.144. The number of pyridine rings is 1. The quantitative estimate of drug-likeness (QED) is 0.187. The number of likely N-dealkylation sites (N-methyl/N-ethyl adjacent to an activating group) is 1. The zero-order chi connectivity index (χ0) is 38.2. The van der Waals surface area contributed by atoms with Crippen molar-refractivity contribution in [1.82, 2.24) is 9.88 Å². The van der Waals surface area contributed by atoms with E-state index in [-0.39, 0.29) is 11.3 Å². The van der Waals surface area contributed by atoms with Gasteiger partial charge < -0.3 is 34.3 Å². The maximum absolute atomic E-state index is 13.1. The van der Waals surface area contributed by atoms with Gasteiger partial charge in [0.2, 0.25) is 0 Å². The van der Waals surface area contributed by atoms with Crippen molar-refractivity contribution in [3.8, 4) is 17.2 Å². The lowest BCUT2D eigenvalue weighted by Gasteiger charge is -2.47. The molecule has 3 aromatic rings. The number of carboxylic acid groups (broad SMARTS) is 1. The first-order chi connectivity index (χ1) is 26.6. The van der Waals surface area contributed by atoms with E-state index in [4.69, 9.17) is 30.5 Å². The second-order valence-corrected chi connectivity index (χ2v) is 17.9. The number of halogens is 1. The van der Waals surface area contributed by atoms with Crippen molar-refractivity contribution in [3.05, 3.63) is 76.1 Å². The minimum Gasteiger partial charge on any atom is -0.493 e. The highest BCUT2D eigenvalue weighted by atomic mass is 35.5. The lowest BCUT2D eigenvalue weighted by Crippen LogP contribution is -2.53. The van der Waals surface area contributed by atoms with Crippen molar-refractivity contribution in [2.45, 2.75) is 107 Å². The maximum atomic E-state index is 13.1. The number of aliphatic carboxylic acids is 1. The predicted octanol–water partition coefficient (Wildman–Crippen LogP) is 8.70. The molecule has 3 heterocycles. The molecule has 55 heavy (non-hydrogen) atoms. The fourth-order valence-electron chi connectivity index (χ4n) is 10.6. The van der Waals surface area contributed by atoms with Crippen molar-refractivity contribution in [1.29, 1.82) is 0 Å². The number of aryl methyl sites for hydroxylation is 1. The molecular weight excluding hydrogens is 714 g/mol. The normalized spacial score (nSPS) is 29.0. The number of ether oxygens (including phenoxy) is 4. The second-order valence-electron chi connectivity index (χ2n) is 17.5. The molecule has 0 amide bonds. The van der Waals surface area contributed by atoms with Gasteiger partial charge in [0.1, 0.15) is 11.3 Å². The molecule has 0 radical (unpaired) electrons. The number of anilines is 1. The van der Waals surface area contributed by atoms with Gasteiger partial charge >= 0.3 is 5.97 Å². The number of nitrogens with one attached hydrogen (secondary N) is 1. The van der Waals surface area contributed by atoms with Crippen molar-refractivity contribution in [2.24, 2.45) is 17.8 Å². The molecule has 5 atom stereocenters. The van der Waals surface area contributed by atoms with Gasteiger partial charge in [0, 0.05) is 53.8 Å². The highest BCUT2D eigenvalue weighted by Crippen LogP contribution is 2.58. The zero-order valence-corrected chi connectivity index (χ0v) is 33.5. The Bertz CT molecular complexity index is 1840. The third-order valence-electron chi connectivity index (χ3n) is 13.4. The lowest BCUT2D eigenvalue weighted by atomic mass is 9.59. The van der Waals surface area contributed by atoms with Crippen LogP contribution < -0.4 is 19.5 Å². The first kappa shape index (κ1) is 38.3. The number of carbonyl (C=O) groups is 1. The molecule has 3 aliphatic carbocycles. The molecule has 8 rings (SSSR count). The van der Waals surface area contributed by atoms with Gasteiger partial charge in [-0.3, -0.25) is 4.98 Å². The van der Waals surface area contributed by atoms with Crippen molar-refractivity contribution >= 4 is 23.3 Å². The van der Waals surface area contributed by atoms with E-state index in [0.717, 1.165) is 87.6 Å². The monoisotopic (exact) mass is 771 g/mol. The van der Waals surface area contributed by atoms with E-state index in [0.29, 0.717) is 61.5 Å². The van der Waals surface area contributed by atoms with Crippen LogP contribution in [0.25, 0.3) is 0 Å². The summed E-state index contributed by atoms with van der Waals surface area (Å²) in [6.07, 6.45) is 12.3. The minimum absolute atomic E-state index is 0.186. The smallest absolute Gasteiger partial charge is 0.329 e. The van der Waals surface area contributed by atoms with Crippen molar-refractivity contribution in [2.75, 3.05) is 51.9 Å². The third kappa shape index (κ3) is 8.04. The van der Waals surface area contributed by atoms with Gasteiger partial charge in [-0.25, -0.2) is 4.79 Å². The molecule has 296 valence electrons. The van der Waals surface area contributed by atoms with Gasteiger partial charge in [0.25, 0.3) is 0 Å². The zero-order valence-electron chi connectivity index (χ0n) is 32.8. The summed E-state index contributed by atoms with van der Waals surface area (Å²) in [5.74, 6) is 3.13. The topological polar surface area (TPSA) is 102 Å². The number of hydrogen-bond donors (Lipinski definition) is 2. The van der Waals surface area contributed by atoms with Gasteiger partial charge in [-0.1, -0.05) is 31.5 Å². The van der Waals surface area contributed by atoms with E-state index in [1.807, 2.05) is 36.5 Å². The molecule has 1 saturated heterocycles. The van der Waals surface area contributed by atoms with Gasteiger partial charge in [0.15, 0.2) is 11.5 Å². The molecule has 1 aromatic heterocycles. The van der Waals surface area contributed by atoms with Crippen LogP contribution in [0.5, 0.6) is 17.2 Å². The minimum atomic E-state index is -1.08. The molecule has 3 unspecified atom stereocenters. The number of aromatic nitrogens is 1. The Morgan fingerprint density at radius 2 is 1.87 bits per heavy atom. The van der Waals surface area contributed by atoms with Crippen LogP contribution in [0.4, 0.5) is 5.69 Å². The first-order valence-corrected chi connectivity index (χ1v) is 21.1. The summed E-state index contributed by atoms with van der Waals surface area (Å²) in [4.78, 5) is 20.1. The van der Waals surface area contributed by atoms with Gasteiger partial charge in [-0.15, -0.1) is 0 Å². The van der Waals surface area contributed by atoms with Gasteiger partial charge in [-0.05, 0) is 148 Å². The van der Waals surface area contributed by atoms with Crippen LogP contribution in [0.1, 0.15) is 99.9 Å². The standard InChI is InChI=1S/C45H58ClN3O6/c1-29(26-53-39-12-17-47-38-11-4-7-30(2)42(38)39)19-33-20-32-21-40-41(55-28-31(27-54-40)24-49(3)25-36-10-6-18-52-36)23-37(32)44(33)13-15-45(16-14-44,43(50)51)48-35-9-5-8-34(46)22-35/h5,8-9,12,17,21-23,29-31,33,36,48H,4,6-7,10-11,13-16,18-20,24-28H2,1-3H3,(H,50,51)/t29-,30-,31?,33?,36?,44?,45?/m1/s1. The first-order valence-electron chi connectivity index (χ1n) is 20.7. The summed E-state index contributed by atoms with van der Waals surface area (Å²) in [6, 6.07) is 13.9. The molecule has 2 aromatic carbocycles. The highest BCUT2D eigenvalue weighted by Gasteiger charge is 2.54. The van der Waals surface area contributed by atoms with Crippen molar-refractivity contribution < 1.29 is 28.8 Å². The SMILES string of the molecule is C[C@@H](COc1ccnc2c1[C@H](C)CCC2)CC1Cc2cc3c(cc2C12CCC(Nc1cccc(Cl)c1)(C(=O)O)CC2)OCC(CN(C)CC1CCCO1)CO3. The average Bonchev–Trinajstić information content (AvgIpc) is 3.72. The second kappa shape index (κ2) is 16.1. The summed E-state index contributed by atoms with van der Waals surface area (Å²) in [7, 11) is 2.16. The van der Waals surface area contributed by atoms with E-state index in [1.54, 1.807) is 0 Å². The fraction of sp³-hybridized carbons (Fsp3) is 0.600. The summed E-state index contributed by atoms with van der Waals surface area (Å²) in [5, 5.41) is 14.7. The Morgan fingerprint density at radius 3 is 2.62 bits per heavy atom. The number of nitrogens with zero attached hydrogens (tertiary/aromatic N) is 2. The number of rotatable bonds is 12. The van der Waals surface area contributed by atoms with Crippen LogP contribution in [-0.4, -0.2) is 79.2 Å². The summed E-state index contributed by atoms with van der Waals surface area (Å²) >= 11 is 6.32. The molecular formula is C45H58ClN3O6. The fourth-order valence-corrected chi connectivity index (χ4v) is 10.7. The van der Waals surface area contributed by atoms with Crippen LogP contribution >= 0.6 is 11.6 Å². The van der Waals surface area contributed by atoms with E-state index in [2.05, 4.69) is 48.2 Å². The Labute approximate surface area is 331 Å². The van der Waals surface area contributed by atoms with E-state index in [9.17, 15) is 9.90 Å². The number of fused-ring (bicyclic) bond motifs is 4. The summed E-state index contributed by atoms with van der Waals surface area (Å²) in [6.45, 7) is 9.11. The molecule has 5 aliphatic rings. The van der Waals surface area contributed by atoms with Crippen LogP contribution in [0, 0.1) is 17.8 Å². The molecule has 2 N–H and O–H groups in total. The molecule has 10 heteroatoms. The molecule has 9 nitrogen and oxygen atoms in total. The predicted molar refractivity (Wildman–Crippen MR) is 215 cm³/mol. The maximum Gasteiger partial charge on any atom is 0.329 e. The number of hydrogen-bond acceptors (Lipinski definition) is 8. The highest BCUT2D eigenvalue weighted by molar-refractivity contribution is 6.30. The Balaban J connectivity index is 1.02. The molecule has 0 bridgehead atoms. The van der Waals surface area contributed by atoms with E-state index in [1.165, 1.54) is 35.2 Å². The molecule has 1 spiro atoms. The van der Waals surface area contributed by atoms with E-state index >= 15 is 0 Å². The van der Waals surface area contributed by atoms with Crippen LogP contribution in [-0.2, 0) is 27.8 Å². The van der Waals surface area contributed by atoms with Gasteiger partial charge in [0.05, 0.1) is 25.9 Å². The summed E-state index contributed by atoms with van der Waals surface area (Å²) in [5.41, 5.74) is 4.55. The van der Waals surface area contributed by atoms with Crippen LogP contribution in [0.15, 0.2) is 48.7 Å². The Morgan fingerprint density at radius 1 is 1.07 bits per heavy atom. The third-order valence-corrected chi connectivity index (χ3v) is 13.6. The van der Waals surface area contributed by atoms with E-state index < -0.39 is 11.5 Å². The van der Waals surface area contributed by atoms with Gasteiger partial charge in [-0.2, -0.15) is 0 Å². The average molecular weight is 772 g/mol. The van der Waals surface area contributed by atoms with Crippen LogP contribution in [0.2, 0.25) is 5.02 Å². The van der Waals surface area contributed by atoms with Crippen LogP contribution in [0.3, 0.4) is 0 Å². The number of benzene rings is 2. The summed E-state index contributed by atoms with van der Waals surface area (Å²) < 4.78 is 25.6. The molecule has 2 aliphatic heterocycles. The Kier molecular flexibility index (Phi) is 11.3. The van der Waals surface area contributed by atoms with Crippen molar-refractivity contribution in [3.63, 3.8) is 0 Å². The molecule has 2 fully saturated rings.